The highest BCUT2D eigenvalue weighted by Crippen LogP contribution is 2.34. The first-order chi connectivity index (χ1) is 10.2. The highest BCUT2D eigenvalue weighted by Gasteiger charge is 2.34. The van der Waals surface area contributed by atoms with E-state index in [1.54, 1.807) is 0 Å². The summed E-state index contributed by atoms with van der Waals surface area (Å²) in [5.74, 6) is -0.381. The van der Waals surface area contributed by atoms with Crippen molar-refractivity contribution in [1.82, 2.24) is 9.97 Å². The van der Waals surface area contributed by atoms with Crippen molar-refractivity contribution >= 4 is 46.5 Å². The van der Waals surface area contributed by atoms with E-state index < -0.39 is 11.9 Å². The lowest BCUT2D eigenvalue weighted by Gasteiger charge is -2.12. The van der Waals surface area contributed by atoms with Crippen molar-refractivity contribution in [1.29, 1.82) is 0 Å². The van der Waals surface area contributed by atoms with Crippen molar-refractivity contribution in [2.45, 2.75) is 6.18 Å². The summed E-state index contributed by atoms with van der Waals surface area (Å²) in [6.45, 7) is 0. The normalized spacial score (nSPS) is 11.3. The molecule has 0 saturated carbocycles. The standard InChI is InChI=1S/C12H7Cl2F3N4S/c13-5-1-2-7(14)6(3-5)8-4-9(12(15,16)17)20-11(19-8)21-10(18)22/h1-4H,(H3,18,19,20,21,22). The van der Waals surface area contributed by atoms with Gasteiger partial charge in [-0.25, -0.2) is 9.97 Å². The average Bonchev–Trinajstić information content (AvgIpc) is 2.39. The smallest absolute Gasteiger partial charge is 0.376 e. The minimum atomic E-state index is -4.67. The molecule has 116 valence electrons. The molecule has 1 aromatic heterocycles. The molecule has 2 rings (SSSR count). The largest absolute Gasteiger partial charge is 0.433 e. The highest BCUT2D eigenvalue weighted by atomic mass is 35.5. The zero-order chi connectivity index (χ0) is 16.5. The Hall–Kier alpha value is -1.64. The van der Waals surface area contributed by atoms with Crippen molar-refractivity contribution in [3.63, 3.8) is 0 Å². The van der Waals surface area contributed by atoms with Crippen LogP contribution < -0.4 is 11.1 Å². The van der Waals surface area contributed by atoms with Gasteiger partial charge in [-0.2, -0.15) is 13.2 Å². The number of nitrogens with two attached hydrogens (primary N) is 1. The molecular formula is C12H7Cl2F3N4S. The van der Waals surface area contributed by atoms with E-state index in [1.165, 1.54) is 18.2 Å². The zero-order valence-electron chi connectivity index (χ0n) is 10.6. The third-order valence-electron chi connectivity index (χ3n) is 2.46. The van der Waals surface area contributed by atoms with E-state index in [9.17, 15) is 13.2 Å². The Labute approximate surface area is 138 Å². The summed E-state index contributed by atoms with van der Waals surface area (Å²) in [6, 6.07) is 5.13. The first-order valence-corrected chi connectivity index (χ1v) is 6.81. The maximum Gasteiger partial charge on any atom is 0.433 e. The number of nitrogens with zero attached hydrogens (tertiary/aromatic N) is 2. The quantitative estimate of drug-likeness (QED) is 0.782. The van der Waals surface area contributed by atoms with Gasteiger partial charge >= 0.3 is 6.18 Å². The predicted octanol–water partition coefficient (Wildman–Crippen LogP) is 4.12. The topological polar surface area (TPSA) is 63.8 Å². The van der Waals surface area contributed by atoms with Crippen molar-refractivity contribution in [2.24, 2.45) is 5.73 Å². The van der Waals surface area contributed by atoms with Gasteiger partial charge in [-0.1, -0.05) is 23.2 Å². The third-order valence-corrected chi connectivity index (χ3v) is 3.12. The van der Waals surface area contributed by atoms with E-state index in [0.29, 0.717) is 5.02 Å². The Balaban J connectivity index is 2.64. The van der Waals surface area contributed by atoms with E-state index >= 15 is 0 Å². The molecule has 3 N–H and O–H groups in total. The van der Waals surface area contributed by atoms with E-state index in [2.05, 4.69) is 27.5 Å². The Morgan fingerprint density at radius 3 is 2.45 bits per heavy atom. The maximum atomic E-state index is 12.9. The average molecular weight is 367 g/mol. The summed E-state index contributed by atoms with van der Waals surface area (Å²) in [6.07, 6.45) is -4.67. The Kier molecular flexibility index (Phi) is 4.74. The molecule has 0 bridgehead atoms. The number of nitrogens with one attached hydrogen (secondary N) is 1. The van der Waals surface area contributed by atoms with Gasteiger partial charge in [-0.3, -0.25) is 0 Å². The predicted molar refractivity (Wildman–Crippen MR) is 82.9 cm³/mol. The summed E-state index contributed by atoms with van der Waals surface area (Å²) >= 11 is 16.4. The third kappa shape index (κ3) is 3.96. The Bertz CT molecular complexity index is 737. The highest BCUT2D eigenvalue weighted by molar-refractivity contribution is 7.80. The molecule has 10 heteroatoms. The number of alkyl halides is 3. The van der Waals surface area contributed by atoms with E-state index in [0.717, 1.165) is 6.07 Å². The van der Waals surface area contributed by atoms with Gasteiger partial charge in [-0.05, 0) is 36.5 Å². The Morgan fingerprint density at radius 1 is 1.18 bits per heavy atom. The molecule has 0 spiro atoms. The molecule has 2 aromatic rings. The van der Waals surface area contributed by atoms with Crippen molar-refractivity contribution in [3.05, 3.63) is 40.0 Å². The minimum absolute atomic E-state index is 0.0615. The fourth-order valence-corrected chi connectivity index (χ4v) is 2.07. The second-order valence-corrected chi connectivity index (χ2v) is 5.36. The lowest BCUT2D eigenvalue weighted by molar-refractivity contribution is -0.141. The fourth-order valence-electron chi connectivity index (χ4n) is 1.59. The van der Waals surface area contributed by atoms with Crippen LogP contribution in [0, 0.1) is 0 Å². The van der Waals surface area contributed by atoms with Crippen molar-refractivity contribution in [2.75, 3.05) is 5.32 Å². The van der Waals surface area contributed by atoms with Gasteiger partial charge in [0, 0.05) is 10.6 Å². The molecule has 0 unspecified atom stereocenters. The van der Waals surface area contributed by atoms with Gasteiger partial charge in [0.1, 0.15) is 0 Å². The fraction of sp³-hybridized carbons (Fsp3) is 0.0833. The molecule has 1 heterocycles. The SMILES string of the molecule is NC(=S)Nc1nc(-c2cc(Cl)ccc2Cl)cc(C(F)(F)F)n1. The second kappa shape index (κ2) is 6.23. The van der Waals surface area contributed by atoms with E-state index in [4.69, 9.17) is 28.9 Å². The zero-order valence-corrected chi connectivity index (χ0v) is 12.9. The molecule has 1 aromatic carbocycles. The molecule has 22 heavy (non-hydrogen) atoms. The molecule has 0 atom stereocenters. The van der Waals surface area contributed by atoms with Crippen LogP contribution in [-0.4, -0.2) is 15.1 Å². The molecular weight excluding hydrogens is 360 g/mol. The van der Waals surface area contributed by atoms with E-state index in [1.807, 2.05) is 0 Å². The van der Waals surface area contributed by atoms with Crippen LogP contribution in [0.15, 0.2) is 24.3 Å². The summed E-state index contributed by atoms with van der Waals surface area (Å²) in [5, 5.41) is 2.50. The van der Waals surface area contributed by atoms with Gasteiger partial charge in [0.25, 0.3) is 0 Å². The number of rotatable bonds is 2. The number of hydrogen-bond donors (Lipinski definition) is 2. The molecule has 0 aliphatic heterocycles. The van der Waals surface area contributed by atoms with Gasteiger partial charge in [0.05, 0.1) is 10.7 Å². The van der Waals surface area contributed by atoms with Crippen LogP contribution in [0.2, 0.25) is 10.0 Å². The van der Waals surface area contributed by atoms with Gasteiger partial charge in [-0.15, -0.1) is 0 Å². The van der Waals surface area contributed by atoms with Crippen LogP contribution in [0.3, 0.4) is 0 Å². The maximum absolute atomic E-state index is 12.9. The molecule has 0 aliphatic rings. The molecule has 0 radical (unpaired) electrons. The number of benzene rings is 1. The number of halogens is 5. The molecule has 4 nitrogen and oxygen atoms in total. The molecule has 0 amide bonds. The monoisotopic (exact) mass is 366 g/mol. The molecule has 0 aliphatic carbocycles. The minimum Gasteiger partial charge on any atom is -0.376 e. The summed E-state index contributed by atoms with van der Waals surface area (Å²) in [5.41, 5.74) is 4.25. The molecule has 0 saturated heterocycles. The number of hydrogen-bond acceptors (Lipinski definition) is 3. The number of thiocarbonyl (C=S) groups is 1. The van der Waals surface area contributed by atoms with E-state index in [-0.39, 0.29) is 27.3 Å². The Morgan fingerprint density at radius 2 is 1.86 bits per heavy atom. The van der Waals surface area contributed by atoms with Crippen molar-refractivity contribution in [3.8, 4) is 11.3 Å². The lowest BCUT2D eigenvalue weighted by atomic mass is 10.1. The van der Waals surface area contributed by atoms with Crippen molar-refractivity contribution < 1.29 is 13.2 Å². The summed E-state index contributed by atoms with van der Waals surface area (Å²) < 4.78 is 38.8. The first-order valence-electron chi connectivity index (χ1n) is 5.65. The lowest BCUT2D eigenvalue weighted by Crippen LogP contribution is -2.22. The van der Waals surface area contributed by atoms with Crippen LogP contribution >= 0.6 is 35.4 Å². The second-order valence-electron chi connectivity index (χ2n) is 4.07. The van der Waals surface area contributed by atoms with Crippen LogP contribution in [0.4, 0.5) is 19.1 Å². The van der Waals surface area contributed by atoms with Crippen LogP contribution in [-0.2, 0) is 6.18 Å². The van der Waals surface area contributed by atoms with Crippen LogP contribution in [0.1, 0.15) is 5.69 Å². The van der Waals surface area contributed by atoms with Crippen LogP contribution in [0.5, 0.6) is 0 Å². The molecule has 0 fully saturated rings. The number of aromatic nitrogens is 2. The van der Waals surface area contributed by atoms with Gasteiger partial charge < -0.3 is 11.1 Å². The van der Waals surface area contributed by atoms with Gasteiger partial charge in [0.2, 0.25) is 5.95 Å². The summed E-state index contributed by atoms with van der Waals surface area (Å²) in [4.78, 5) is 7.26. The first kappa shape index (κ1) is 16.7. The van der Waals surface area contributed by atoms with Crippen LogP contribution in [0.25, 0.3) is 11.3 Å². The number of anilines is 1. The summed E-state index contributed by atoms with van der Waals surface area (Å²) in [7, 11) is 0. The van der Waals surface area contributed by atoms with Gasteiger partial charge in [0.15, 0.2) is 10.8 Å².